The number of amides is 1. The Balaban J connectivity index is 1.28. The Hall–Kier alpha value is -2.89. The summed E-state index contributed by atoms with van der Waals surface area (Å²) in [6.07, 6.45) is 15.4. The quantitative estimate of drug-likeness (QED) is 0.345. The van der Waals surface area contributed by atoms with Crippen molar-refractivity contribution in [3.8, 4) is 5.75 Å². The standard InChI is InChI=1S/C41H54ClN3O6S/c1-29-8-6-18-41(49-3,17-4-5-19-44-20-22-50-23-21-44)36-13-10-32(36)26-45-27-40(16-7-9-31-24-33(42)11-14-35(31)40)28-51-38-15-12-34(25-37(38)45)52(47,48)43-39(46)30(29)2/h4,6,11-12,14-15,17-18,24-25,29-30,32,36H,5,7-10,13,16,19-23,26-28H2,1-3H3,(H,43,46)/b17-4+,18-6+/t29-,30+,32-,36+,40-,41-/m0/s1. The minimum Gasteiger partial charge on any atom is -0.490 e. The minimum atomic E-state index is -4.12. The van der Waals surface area contributed by atoms with E-state index >= 15 is 0 Å². The van der Waals surface area contributed by atoms with Gasteiger partial charge in [-0.2, -0.15) is 0 Å². The normalized spacial score (nSPS) is 32.9. The number of aryl methyl sites for hydroxylation is 1. The van der Waals surface area contributed by atoms with Crippen molar-refractivity contribution in [3.63, 3.8) is 0 Å². The van der Waals surface area contributed by atoms with Crippen LogP contribution >= 0.6 is 11.6 Å². The van der Waals surface area contributed by atoms with E-state index in [0.717, 1.165) is 88.6 Å². The zero-order chi connectivity index (χ0) is 36.5. The Kier molecular flexibility index (Phi) is 11.1. The minimum absolute atomic E-state index is 0.0615. The fraction of sp³-hybridized carbons (Fsp3) is 0.585. The highest BCUT2D eigenvalue weighted by Crippen LogP contribution is 2.49. The second-order valence-corrected chi connectivity index (χ2v) is 17.9. The zero-order valence-electron chi connectivity index (χ0n) is 30.8. The molecule has 2 aromatic rings. The number of carbonyl (C=O) groups is 1. The van der Waals surface area contributed by atoms with Gasteiger partial charge in [0, 0.05) is 56.2 Å². The third-order valence-electron chi connectivity index (χ3n) is 12.6. The molecule has 5 aliphatic rings. The van der Waals surface area contributed by atoms with Gasteiger partial charge in [-0.15, -0.1) is 0 Å². The van der Waals surface area contributed by atoms with Crippen molar-refractivity contribution >= 4 is 33.2 Å². The van der Waals surface area contributed by atoms with Gasteiger partial charge in [0.15, 0.2) is 0 Å². The third kappa shape index (κ3) is 7.56. The summed E-state index contributed by atoms with van der Waals surface area (Å²) in [4.78, 5) is 18.3. The number of sulfonamides is 1. The van der Waals surface area contributed by atoms with Gasteiger partial charge in [0.25, 0.3) is 10.0 Å². The Bertz CT molecular complexity index is 1790. The van der Waals surface area contributed by atoms with Gasteiger partial charge in [0.1, 0.15) is 11.4 Å². The van der Waals surface area contributed by atoms with Crippen LogP contribution in [0.5, 0.6) is 5.75 Å². The number of carbonyl (C=O) groups excluding carboxylic acids is 1. The molecule has 1 saturated carbocycles. The van der Waals surface area contributed by atoms with Crippen molar-refractivity contribution in [2.24, 2.45) is 23.7 Å². The van der Waals surface area contributed by atoms with Crippen LogP contribution in [0.3, 0.4) is 0 Å². The predicted octanol–water partition coefficient (Wildman–Crippen LogP) is 6.54. The molecular formula is C41H54ClN3O6S. The van der Waals surface area contributed by atoms with Crippen LogP contribution in [0.15, 0.2) is 65.6 Å². The summed E-state index contributed by atoms with van der Waals surface area (Å²) in [6, 6.07) is 11.3. The van der Waals surface area contributed by atoms with Crippen LogP contribution < -0.4 is 14.4 Å². The summed E-state index contributed by atoms with van der Waals surface area (Å²) in [5.41, 5.74) is 2.34. The fourth-order valence-corrected chi connectivity index (χ4v) is 10.4. The first-order valence-electron chi connectivity index (χ1n) is 19.1. The van der Waals surface area contributed by atoms with Crippen molar-refractivity contribution in [3.05, 3.63) is 76.9 Å². The zero-order valence-corrected chi connectivity index (χ0v) is 32.4. The number of benzene rings is 2. The summed E-state index contributed by atoms with van der Waals surface area (Å²) < 4.78 is 48.6. The Morgan fingerprint density at radius 2 is 1.94 bits per heavy atom. The largest absolute Gasteiger partial charge is 0.490 e. The molecule has 2 bridgehead atoms. The lowest BCUT2D eigenvalue weighted by molar-refractivity contribution is -0.124. The summed E-state index contributed by atoms with van der Waals surface area (Å²) in [5.74, 6) is 0.0388. The van der Waals surface area contributed by atoms with Crippen LogP contribution in [-0.4, -0.2) is 84.5 Å². The van der Waals surface area contributed by atoms with E-state index in [1.54, 1.807) is 25.1 Å². The lowest BCUT2D eigenvalue weighted by Gasteiger charge is -2.49. The molecule has 2 aliphatic carbocycles. The molecule has 0 radical (unpaired) electrons. The maximum Gasteiger partial charge on any atom is 0.264 e. The van der Waals surface area contributed by atoms with Crippen LogP contribution in [0.2, 0.25) is 5.02 Å². The fourth-order valence-electron chi connectivity index (χ4n) is 9.08. The van der Waals surface area contributed by atoms with Gasteiger partial charge in [-0.1, -0.05) is 55.8 Å². The van der Waals surface area contributed by atoms with Crippen molar-refractivity contribution in [1.82, 2.24) is 9.62 Å². The van der Waals surface area contributed by atoms with E-state index < -0.39 is 27.4 Å². The summed E-state index contributed by atoms with van der Waals surface area (Å²) in [6.45, 7) is 10.1. The second-order valence-electron chi connectivity index (χ2n) is 15.8. The number of nitrogens with one attached hydrogen (secondary N) is 1. The highest BCUT2D eigenvalue weighted by molar-refractivity contribution is 7.90. The molecule has 52 heavy (non-hydrogen) atoms. The molecule has 2 aromatic carbocycles. The number of nitrogens with zero attached hydrogens (tertiary/aromatic N) is 2. The van der Waals surface area contributed by atoms with Gasteiger partial charge in [-0.3, -0.25) is 9.69 Å². The number of anilines is 1. The van der Waals surface area contributed by atoms with Crippen LogP contribution in [-0.2, 0) is 36.1 Å². The van der Waals surface area contributed by atoms with Crippen molar-refractivity contribution in [2.75, 3.05) is 64.6 Å². The highest BCUT2D eigenvalue weighted by atomic mass is 35.5. The van der Waals surface area contributed by atoms with Crippen molar-refractivity contribution < 1.29 is 27.4 Å². The average molecular weight is 752 g/mol. The number of allylic oxidation sites excluding steroid dienone is 1. The average Bonchev–Trinajstić information content (AvgIpc) is 3.27. The van der Waals surface area contributed by atoms with Gasteiger partial charge < -0.3 is 19.1 Å². The Labute approximate surface area is 314 Å². The van der Waals surface area contributed by atoms with Gasteiger partial charge in [-0.25, -0.2) is 13.1 Å². The summed E-state index contributed by atoms with van der Waals surface area (Å²) >= 11 is 6.49. The molecule has 0 unspecified atom stereocenters. The van der Waals surface area contributed by atoms with Gasteiger partial charge in [0.2, 0.25) is 5.91 Å². The maximum atomic E-state index is 13.7. The van der Waals surface area contributed by atoms with E-state index in [0.29, 0.717) is 25.3 Å². The smallest absolute Gasteiger partial charge is 0.264 e. The summed E-state index contributed by atoms with van der Waals surface area (Å²) in [5, 5.41) is 0.735. The molecule has 7 rings (SSSR count). The molecule has 1 N–H and O–H groups in total. The molecule has 9 nitrogen and oxygen atoms in total. The number of ether oxygens (including phenoxy) is 3. The number of morpholine rings is 1. The van der Waals surface area contributed by atoms with E-state index in [1.807, 2.05) is 20.1 Å². The van der Waals surface area contributed by atoms with E-state index in [-0.39, 0.29) is 28.1 Å². The van der Waals surface area contributed by atoms with Crippen LogP contribution in [0, 0.1) is 23.7 Å². The van der Waals surface area contributed by atoms with E-state index in [1.165, 1.54) is 11.1 Å². The number of hydrogen-bond donors (Lipinski definition) is 1. The number of methoxy groups -OCH3 is 1. The van der Waals surface area contributed by atoms with Crippen LogP contribution in [0.25, 0.3) is 0 Å². The molecule has 3 heterocycles. The number of fused-ring (bicyclic) bond motifs is 4. The second kappa shape index (κ2) is 15.5. The van der Waals surface area contributed by atoms with E-state index in [4.69, 9.17) is 25.8 Å². The monoisotopic (exact) mass is 751 g/mol. The number of hydrogen-bond acceptors (Lipinski definition) is 8. The van der Waals surface area contributed by atoms with Gasteiger partial charge in [0.05, 0.1) is 30.4 Å². The highest BCUT2D eigenvalue weighted by Gasteiger charge is 2.48. The van der Waals surface area contributed by atoms with Gasteiger partial charge >= 0.3 is 0 Å². The first-order chi connectivity index (χ1) is 25.0. The lowest BCUT2D eigenvalue weighted by atomic mass is 9.63. The Morgan fingerprint density at radius 1 is 1.12 bits per heavy atom. The molecule has 1 saturated heterocycles. The van der Waals surface area contributed by atoms with Crippen LogP contribution in [0.4, 0.5) is 5.69 Å². The lowest BCUT2D eigenvalue weighted by Crippen LogP contribution is -2.52. The SMILES string of the molecule is CO[C@@]1(/C=C/CCN2CCOCC2)/C=C/C[C@H](C)[C@@H](C)C(=O)NS(=O)(=O)c2ccc3c(c2)N(C[C@@H]2CC[C@H]21)C[C@@]1(CCCc2cc(Cl)ccc21)CO3. The van der Waals surface area contributed by atoms with Crippen molar-refractivity contribution in [2.45, 2.75) is 74.7 Å². The molecule has 0 aromatic heterocycles. The number of rotatable bonds is 5. The third-order valence-corrected chi connectivity index (χ3v) is 14.2. The maximum absolute atomic E-state index is 13.7. The molecule has 3 aliphatic heterocycles. The molecule has 2 fully saturated rings. The molecular weight excluding hydrogens is 698 g/mol. The molecule has 1 amide bonds. The molecule has 1 spiro atoms. The van der Waals surface area contributed by atoms with E-state index in [9.17, 15) is 13.2 Å². The first kappa shape index (κ1) is 37.4. The molecule has 282 valence electrons. The van der Waals surface area contributed by atoms with Crippen LogP contribution in [0.1, 0.15) is 63.5 Å². The van der Waals surface area contributed by atoms with E-state index in [2.05, 4.69) is 51.0 Å². The number of halogens is 1. The first-order valence-corrected chi connectivity index (χ1v) is 21.0. The summed E-state index contributed by atoms with van der Waals surface area (Å²) in [7, 11) is -2.31. The topological polar surface area (TPSA) is 97.4 Å². The molecule has 6 atom stereocenters. The van der Waals surface area contributed by atoms with Gasteiger partial charge in [-0.05, 0) is 104 Å². The molecule has 11 heteroatoms. The predicted molar refractivity (Wildman–Crippen MR) is 205 cm³/mol. The van der Waals surface area contributed by atoms with Crippen molar-refractivity contribution in [1.29, 1.82) is 0 Å². The Morgan fingerprint density at radius 3 is 2.71 bits per heavy atom.